The summed E-state index contributed by atoms with van der Waals surface area (Å²) in [5, 5.41) is 0. The van der Waals surface area contributed by atoms with Crippen LogP contribution < -0.4 is 0 Å². The van der Waals surface area contributed by atoms with Crippen LogP contribution in [0.3, 0.4) is 0 Å². The summed E-state index contributed by atoms with van der Waals surface area (Å²) in [5.74, 6) is 0. The fraction of sp³-hybridized carbons (Fsp3) is 1.00. The normalized spacial score (nSPS) is 24.8. The first-order valence-corrected chi connectivity index (χ1v) is 17.7. The van der Waals surface area contributed by atoms with E-state index in [1.807, 2.05) is 0 Å². The molecule has 1 aliphatic heterocycles. The minimum atomic E-state index is -3.44. The third kappa shape index (κ3) is 3.94. The van der Waals surface area contributed by atoms with Gasteiger partial charge in [0.25, 0.3) is 0 Å². The summed E-state index contributed by atoms with van der Waals surface area (Å²) in [4.78, 5) is 0. The summed E-state index contributed by atoms with van der Waals surface area (Å²) in [7, 11) is 35.1. The zero-order valence-electron chi connectivity index (χ0n) is 5.54. The molecule has 1 heterocycles. The second-order valence-corrected chi connectivity index (χ2v) is 28.7. The van der Waals surface area contributed by atoms with E-state index in [0.29, 0.717) is 6.61 Å². The van der Waals surface area contributed by atoms with Gasteiger partial charge in [-0.1, -0.05) is 0 Å². The molecule has 0 bridgehead atoms. The van der Waals surface area contributed by atoms with E-state index in [9.17, 15) is 0 Å². The van der Waals surface area contributed by atoms with Gasteiger partial charge < -0.3 is 0 Å². The van der Waals surface area contributed by atoms with E-state index >= 15 is 0 Å². The van der Waals surface area contributed by atoms with Crippen molar-refractivity contribution >= 4 is 55.8 Å². The molecule has 1 unspecified atom stereocenters. The van der Waals surface area contributed by atoms with Crippen LogP contribution in [-0.4, -0.2) is 12.7 Å². The van der Waals surface area contributed by atoms with Gasteiger partial charge in [-0.3, -0.25) is 0 Å². The van der Waals surface area contributed by atoms with E-state index in [4.69, 9.17) is 60.6 Å². The van der Waals surface area contributed by atoms with Crippen molar-refractivity contribution in [1.29, 1.82) is 0 Å². The van der Waals surface area contributed by atoms with Gasteiger partial charge in [0, 0.05) is 0 Å². The van der Waals surface area contributed by atoms with Crippen LogP contribution in [-0.2, 0) is 31.5 Å². The predicted molar refractivity (Wildman–Crippen MR) is 48.6 cm³/mol. The minimum absolute atomic E-state index is 0.106. The quantitative estimate of drug-likeness (QED) is 0.535. The first kappa shape index (κ1) is 13.2. The van der Waals surface area contributed by atoms with Crippen LogP contribution in [0.2, 0.25) is 2.53 Å². The Balaban J connectivity index is 2.74. The maximum atomic E-state index is 5.85. The first-order valence-electron chi connectivity index (χ1n) is 2.98. The Morgan fingerprint density at radius 2 is 1.33 bits per heavy atom. The van der Waals surface area contributed by atoms with Gasteiger partial charge in [-0.15, -0.1) is 0 Å². The molecule has 1 saturated heterocycles. The molecule has 0 radical (unpaired) electrons. The van der Waals surface area contributed by atoms with Crippen molar-refractivity contribution in [3.63, 3.8) is 0 Å². The van der Waals surface area contributed by atoms with Crippen LogP contribution in [0.25, 0.3) is 0 Å². The van der Waals surface area contributed by atoms with Crippen LogP contribution in [0.4, 0.5) is 0 Å². The molecule has 0 spiro atoms. The van der Waals surface area contributed by atoms with E-state index in [1.54, 1.807) is 0 Å². The predicted octanol–water partition coefficient (Wildman–Crippen LogP) is 4.36. The van der Waals surface area contributed by atoms with Crippen LogP contribution in [0.15, 0.2) is 0 Å². The van der Waals surface area contributed by atoms with Crippen molar-refractivity contribution in [2.45, 2.75) is 8.63 Å². The molecule has 1 aliphatic rings. The summed E-state index contributed by atoms with van der Waals surface area (Å²) in [6, 6.07) is 0. The van der Waals surface area contributed by atoms with Gasteiger partial charge in [0.1, 0.15) is 0 Å². The van der Waals surface area contributed by atoms with E-state index in [1.165, 1.54) is 0 Å². The number of halogens is 6. The molecule has 9 heteroatoms. The number of rotatable bonds is 3. The van der Waals surface area contributed by atoms with Crippen LogP contribution >= 0.6 is 55.8 Å². The van der Waals surface area contributed by atoms with Gasteiger partial charge >= 0.3 is 103 Å². The number of ether oxygens (including phenoxy) is 1. The monoisotopic (exact) mass is 362 g/mol. The molecular weight excluding hydrogens is 360 g/mol. The molecule has 0 amide bonds. The molecule has 1 atom stereocenters. The van der Waals surface area contributed by atoms with Crippen molar-refractivity contribution in [1.82, 2.24) is 0 Å². The number of hydrogen-bond acceptors (Lipinski definition) is 1. The third-order valence-electron chi connectivity index (χ3n) is 1.44. The molecule has 1 nitrogen and oxygen atoms in total. The average Bonchev–Trinajstić information content (AvgIpc) is 2.38. The second-order valence-electron chi connectivity index (χ2n) is 2.43. The molecular formula is C3H4Cl6OTi2. The molecule has 72 valence electrons. The molecule has 1 fully saturated rings. The molecule has 0 aromatic carbocycles. The molecule has 0 aromatic heterocycles. The molecule has 0 aliphatic carbocycles. The summed E-state index contributed by atoms with van der Waals surface area (Å²) in [6.45, 7) is 0.559. The van der Waals surface area contributed by atoms with Gasteiger partial charge in [-0.05, 0) is 0 Å². The second kappa shape index (κ2) is 4.55. The fourth-order valence-corrected chi connectivity index (χ4v) is 34.5. The van der Waals surface area contributed by atoms with Crippen molar-refractivity contribution in [3.05, 3.63) is 0 Å². The molecule has 1 rings (SSSR count). The zero-order valence-corrected chi connectivity index (χ0v) is 13.2. The Morgan fingerprint density at radius 3 is 1.42 bits per heavy atom. The maximum absolute atomic E-state index is 5.85. The van der Waals surface area contributed by atoms with E-state index in [2.05, 4.69) is 0 Å². The van der Waals surface area contributed by atoms with E-state index in [-0.39, 0.29) is 8.63 Å². The summed E-state index contributed by atoms with van der Waals surface area (Å²) in [5.41, 5.74) is 0. The van der Waals surface area contributed by atoms with Gasteiger partial charge in [-0.2, -0.15) is 0 Å². The van der Waals surface area contributed by atoms with Gasteiger partial charge in [0.2, 0.25) is 0 Å². The molecule has 0 aromatic rings. The first-order chi connectivity index (χ1) is 5.23. The van der Waals surface area contributed by atoms with Crippen molar-refractivity contribution in [3.8, 4) is 0 Å². The van der Waals surface area contributed by atoms with Crippen LogP contribution in [0, 0.1) is 0 Å². The van der Waals surface area contributed by atoms with Crippen molar-refractivity contribution < 1.29 is 31.5 Å². The Morgan fingerprint density at radius 1 is 1.00 bits per heavy atom. The number of hydrogen-bond donors (Lipinski definition) is 0. The molecule has 0 saturated carbocycles. The van der Waals surface area contributed by atoms with Gasteiger partial charge in [0.05, 0.1) is 0 Å². The third-order valence-corrected chi connectivity index (χ3v) is 23.3. The van der Waals surface area contributed by atoms with Crippen LogP contribution in [0.5, 0.6) is 0 Å². The standard InChI is InChI=1S/C3H4O.6ClH.2Ti/c1-3-2-4-3;;;;;;;;/h1,3H,2H2;6*1H;;/q;;;;;;;2*+3/p-6. The molecule has 12 heavy (non-hydrogen) atoms. The Labute approximate surface area is 101 Å². The van der Waals surface area contributed by atoms with Crippen molar-refractivity contribution in [2.75, 3.05) is 6.61 Å². The van der Waals surface area contributed by atoms with Crippen LogP contribution in [0.1, 0.15) is 0 Å². The van der Waals surface area contributed by atoms with Gasteiger partial charge in [0.15, 0.2) is 0 Å². The zero-order chi connectivity index (χ0) is 9.57. The summed E-state index contributed by atoms with van der Waals surface area (Å²) in [6.07, 6.45) is -0.106. The topological polar surface area (TPSA) is 12.5 Å². The van der Waals surface area contributed by atoms with Crippen molar-refractivity contribution in [2.24, 2.45) is 0 Å². The van der Waals surface area contributed by atoms with Gasteiger partial charge in [-0.25, -0.2) is 0 Å². The van der Waals surface area contributed by atoms with E-state index < -0.39 is 26.8 Å². The fourth-order valence-electron chi connectivity index (χ4n) is 0.855. The summed E-state index contributed by atoms with van der Waals surface area (Å²) < 4.78 is 4.65. The average molecular weight is 365 g/mol. The van der Waals surface area contributed by atoms with E-state index in [0.717, 1.165) is 0 Å². The Bertz CT molecular complexity index is 157. The molecule has 0 N–H and O–H groups in total. The SMILES string of the molecule is [Cl][Ti]([Cl])([Cl])[CH](C1CO1)[Ti]([Cl])([Cl])[Cl]. The Kier molecular flexibility index (Phi) is 5.01. The summed E-state index contributed by atoms with van der Waals surface area (Å²) >= 11 is -6.87. The number of epoxide rings is 1. The Hall–Kier alpha value is 3.13.